The zero-order chi connectivity index (χ0) is 26.8. The number of rotatable bonds is 8. The summed E-state index contributed by atoms with van der Waals surface area (Å²) in [5.74, 6) is 0. The van der Waals surface area contributed by atoms with Crippen LogP contribution in [-0.2, 0) is 23.8 Å². The maximum atomic E-state index is 14.0. The number of hydrogen-bond acceptors (Lipinski definition) is 2. The Morgan fingerprint density at radius 1 is 0.861 bits per heavy atom. The minimum atomic E-state index is -4.47. The van der Waals surface area contributed by atoms with Gasteiger partial charge in [-0.1, -0.05) is 48.5 Å². The summed E-state index contributed by atoms with van der Waals surface area (Å²) >= 11 is 0. The highest BCUT2D eigenvalue weighted by molar-refractivity contribution is 5.50. The number of benzene rings is 2. The summed E-state index contributed by atoms with van der Waals surface area (Å²) in [5, 5.41) is 7.32. The van der Waals surface area contributed by atoms with E-state index in [2.05, 4.69) is 4.90 Å². The fraction of sp³-hybridized carbons (Fsp3) is 0.536. The molecule has 2 nitrogen and oxygen atoms in total. The van der Waals surface area contributed by atoms with Gasteiger partial charge in [-0.05, 0) is 74.8 Å². The Morgan fingerprint density at radius 2 is 1.31 bits per heavy atom. The Hall–Kier alpha value is -2.53. The average Bonchev–Trinajstić information content (AvgIpc) is 3.71. The lowest BCUT2D eigenvalue weighted by Crippen LogP contribution is -2.34. The number of hydrogen-bond donors (Lipinski definition) is 0. The van der Waals surface area contributed by atoms with Gasteiger partial charge in [0.1, 0.15) is 0 Å². The summed E-state index contributed by atoms with van der Waals surface area (Å²) in [4.78, 5) is 2.09. The van der Waals surface area contributed by atoms with E-state index in [0.717, 1.165) is 5.56 Å². The van der Waals surface area contributed by atoms with E-state index in [0.29, 0.717) is 13.0 Å². The molecule has 0 heterocycles. The Bertz CT molecular complexity index is 1010. The second kappa shape index (κ2) is 10.5. The molecule has 2 saturated carbocycles. The second-order valence-electron chi connectivity index (χ2n) is 10.0. The predicted molar refractivity (Wildman–Crippen MR) is 127 cm³/mol. The molecule has 0 radical (unpaired) electrons. The third-order valence-corrected chi connectivity index (χ3v) is 7.63. The highest BCUT2D eigenvalue weighted by atomic mass is 19.4. The molecule has 2 aromatic carbocycles. The van der Waals surface area contributed by atoms with Gasteiger partial charge in [-0.25, -0.2) is 0 Å². The van der Waals surface area contributed by atoms with Crippen LogP contribution in [0.15, 0.2) is 48.5 Å². The maximum Gasteiger partial charge on any atom is 0.398 e. The van der Waals surface area contributed by atoms with E-state index < -0.39 is 23.2 Å². The van der Waals surface area contributed by atoms with Crippen LogP contribution in [0.2, 0.25) is 0 Å². The van der Waals surface area contributed by atoms with Gasteiger partial charge < -0.3 is 0 Å². The lowest BCUT2D eigenvalue weighted by molar-refractivity contribution is -0.161. The first-order valence-electron chi connectivity index (χ1n) is 12.1. The van der Waals surface area contributed by atoms with Crippen molar-refractivity contribution in [2.24, 2.45) is 0 Å². The van der Waals surface area contributed by atoms with Crippen molar-refractivity contribution in [1.82, 2.24) is 4.90 Å². The van der Waals surface area contributed by atoms with Gasteiger partial charge in [0.15, 0.2) is 0 Å². The van der Waals surface area contributed by atoms with Gasteiger partial charge >= 0.3 is 12.4 Å². The molecular weight excluding hydrogens is 478 g/mol. The smallest absolute Gasteiger partial charge is 0.299 e. The second-order valence-corrected chi connectivity index (χ2v) is 10.0. The first-order chi connectivity index (χ1) is 16.8. The van der Waals surface area contributed by atoms with Crippen LogP contribution >= 0.6 is 0 Å². The SMILES string of the molecule is CC#N.CC(CCc1c(C2(C(F)(F)F)CC2)cccc1C1(C(F)(F)F)CC1)N(C)Cc1ccccc1. The van der Waals surface area contributed by atoms with E-state index in [1.54, 1.807) is 6.07 Å². The third-order valence-electron chi connectivity index (χ3n) is 7.63. The first kappa shape index (κ1) is 28.0. The minimum absolute atomic E-state index is 0.00630. The highest BCUT2D eigenvalue weighted by Crippen LogP contribution is 2.63. The molecule has 2 aliphatic carbocycles. The van der Waals surface area contributed by atoms with Crippen LogP contribution in [0.1, 0.15) is 68.2 Å². The highest BCUT2D eigenvalue weighted by Gasteiger charge is 2.67. The molecule has 4 rings (SSSR count). The van der Waals surface area contributed by atoms with Crippen molar-refractivity contribution in [1.29, 1.82) is 5.26 Å². The van der Waals surface area contributed by atoms with Gasteiger partial charge in [0.25, 0.3) is 0 Å². The largest absolute Gasteiger partial charge is 0.398 e. The van der Waals surface area contributed by atoms with Crippen molar-refractivity contribution < 1.29 is 26.3 Å². The lowest BCUT2D eigenvalue weighted by Gasteiger charge is -2.30. The topological polar surface area (TPSA) is 27.0 Å². The van der Waals surface area contributed by atoms with E-state index in [1.165, 1.54) is 25.1 Å². The Labute approximate surface area is 208 Å². The van der Waals surface area contributed by atoms with Crippen LogP contribution in [0, 0.1) is 11.3 Å². The van der Waals surface area contributed by atoms with Crippen LogP contribution in [0.25, 0.3) is 0 Å². The summed E-state index contributed by atoms with van der Waals surface area (Å²) in [6, 6.07) is 15.7. The standard InChI is InChI=1S/C26H29F6N.C2H3N/c1-18(33(2)17-19-7-4-3-5-8-19)11-12-20-21(23(13-14-23)25(27,28)29)9-6-10-22(20)24(15-16-24)26(30,31)32;1-2-3/h3-10,18H,11-17H2,1-2H3;1H3. The van der Waals surface area contributed by atoms with Gasteiger partial charge in [-0.2, -0.15) is 31.6 Å². The van der Waals surface area contributed by atoms with Crippen molar-refractivity contribution in [2.45, 2.75) is 88.1 Å². The molecule has 2 aromatic rings. The Morgan fingerprint density at radius 3 is 1.69 bits per heavy atom. The molecule has 0 spiro atoms. The molecule has 0 aliphatic heterocycles. The van der Waals surface area contributed by atoms with E-state index in [9.17, 15) is 26.3 Å². The van der Waals surface area contributed by atoms with Crippen molar-refractivity contribution in [3.63, 3.8) is 0 Å². The van der Waals surface area contributed by atoms with Crippen molar-refractivity contribution >= 4 is 0 Å². The normalized spacial score (nSPS) is 18.6. The number of nitriles is 1. The molecule has 0 bridgehead atoms. The van der Waals surface area contributed by atoms with Gasteiger partial charge in [0.05, 0.1) is 16.9 Å². The lowest BCUT2D eigenvalue weighted by atomic mass is 9.80. The van der Waals surface area contributed by atoms with Crippen LogP contribution in [0.5, 0.6) is 0 Å². The van der Waals surface area contributed by atoms with Crippen LogP contribution in [0.4, 0.5) is 26.3 Å². The number of alkyl halides is 6. The molecule has 0 aromatic heterocycles. The minimum Gasteiger partial charge on any atom is -0.299 e. The van der Waals surface area contributed by atoms with Crippen molar-refractivity contribution in [3.8, 4) is 6.07 Å². The fourth-order valence-electron chi connectivity index (χ4n) is 5.01. The molecule has 0 amide bonds. The Balaban J connectivity index is 0.00000115. The maximum absolute atomic E-state index is 14.0. The predicted octanol–water partition coefficient (Wildman–Crippen LogP) is 7.86. The molecule has 36 heavy (non-hydrogen) atoms. The molecular formula is C28H32F6N2. The van der Waals surface area contributed by atoms with E-state index in [-0.39, 0.29) is 54.8 Å². The Kier molecular flexibility index (Phi) is 8.14. The summed E-state index contributed by atoms with van der Waals surface area (Å²) in [5.41, 5.74) is -2.52. The summed E-state index contributed by atoms with van der Waals surface area (Å²) < 4.78 is 83.9. The van der Waals surface area contributed by atoms with Gasteiger partial charge in [-0.3, -0.25) is 4.90 Å². The van der Waals surface area contributed by atoms with Crippen LogP contribution in [0.3, 0.4) is 0 Å². The van der Waals surface area contributed by atoms with E-state index in [1.807, 2.05) is 44.3 Å². The number of nitrogens with zero attached hydrogens (tertiary/aromatic N) is 2. The summed E-state index contributed by atoms with van der Waals surface area (Å²) in [7, 11) is 1.93. The first-order valence-corrected chi connectivity index (χ1v) is 12.1. The molecule has 196 valence electrons. The van der Waals surface area contributed by atoms with Gasteiger partial charge in [-0.15, -0.1) is 0 Å². The van der Waals surface area contributed by atoms with E-state index in [4.69, 9.17) is 5.26 Å². The monoisotopic (exact) mass is 510 g/mol. The molecule has 8 heteroatoms. The van der Waals surface area contributed by atoms with Crippen molar-refractivity contribution in [3.05, 3.63) is 70.8 Å². The van der Waals surface area contributed by atoms with Crippen LogP contribution < -0.4 is 0 Å². The summed E-state index contributed by atoms with van der Waals surface area (Å²) in [6.45, 7) is 4.06. The number of halogens is 6. The zero-order valence-corrected chi connectivity index (χ0v) is 20.8. The molecule has 1 atom stereocenters. The van der Waals surface area contributed by atoms with E-state index >= 15 is 0 Å². The molecule has 0 saturated heterocycles. The van der Waals surface area contributed by atoms with Crippen LogP contribution in [-0.4, -0.2) is 30.3 Å². The molecule has 2 aliphatic rings. The molecule has 1 unspecified atom stereocenters. The average molecular weight is 511 g/mol. The summed E-state index contributed by atoms with van der Waals surface area (Å²) in [6.07, 6.45) is -8.50. The quantitative estimate of drug-likeness (QED) is 0.338. The molecule has 2 fully saturated rings. The van der Waals surface area contributed by atoms with Crippen molar-refractivity contribution in [2.75, 3.05) is 7.05 Å². The van der Waals surface area contributed by atoms with Gasteiger partial charge in [0.2, 0.25) is 0 Å². The fourth-order valence-corrected chi connectivity index (χ4v) is 5.01. The van der Waals surface area contributed by atoms with Gasteiger partial charge in [0, 0.05) is 19.5 Å². The third kappa shape index (κ3) is 5.56. The molecule has 0 N–H and O–H groups in total. The zero-order valence-electron chi connectivity index (χ0n) is 20.8.